The number of nitrogens with two attached hydrogens (primary N) is 1. The highest BCUT2D eigenvalue weighted by Crippen LogP contribution is 2.23. The zero-order valence-corrected chi connectivity index (χ0v) is 10.8. The predicted molar refractivity (Wildman–Crippen MR) is 68.4 cm³/mol. The molecule has 4 heteroatoms. The van der Waals surface area contributed by atoms with E-state index in [0.29, 0.717) is 12.5 Å². The Bertz CT molecular complexity index is 397. The molecule has 2 rings (SSSR count). The van der Waals surface area contributed by atoms with Crippen LogP contribution < -0.4 is 5.73 Å². The Morgan fingerprint density at radius 3 is 3.00 bits per heavy atom. The van der Waals surface area contributed by atoms with E-state index in [9.17, 15) is 4.39 Å². The molecule has 17 heavy (non-hydrogen) atoms. The van der Waals surface area contributed by atoms with Crippen LogP contribution in [-0.4, -0.2) is 24.0 Å². The maximum absolute atomic E-state index is 13.3. The van der Waals surface area contributed by atoms with Crippen molar-refractivity contribution in [2.45, 2.75) is 25.9 Å². The summed E-state index contributed by atoms with van der Waals surface area (Å²) < 4.78 is 13.3. The first-order chi connectivity index (χ1) is 8.08. The van der Waals surface area contributed by atoms with Crippen LogP contribution in [0.25, 0.3) is 0 Å². The number of likely N-dealkylation sites (tertiary alicyclic amines) is 1. The Morgan fingerprint density at radius 2 is 2.29 bits per heavy atom. The molecule has 0 aliphatic carbocycles. The molecular formula is C13H18ClFN2. The van der Waals surface area contributed by atoms with Crippen molar-refractivity contribution in [2.75, 3.05) is 13.1 Å². The fraction of sp³-hybridized carbons (Fsp3) is 0.538. The van der Waals surface area contributed by atoms with Crippen LogP contribution in [0.4, 0.5) is 4.39 Å². The molecule has 1 aromatic rings. The van der Waals surface area contributed by atoms with Gasteiger partial charge in [0.15, 0.2) is 0 Å². The van der Waals surface area contributed by atoms with Gasteiger partial charge in [-0.3, -0.25) is 4.90 Å². The van der Waals surface area contributed by atoms with Gasteiger partial charge in [0.1, 0.15) is 5.82 Å². The Balaban J connectivity index is 2.04. The molecule has 0 radical (unpaired) electrons. The molecule has 2 unspecified atom stereocenters. The average Bonchev–Trinajstić information content (AvgIpc) is 2.30. The fourth-order valence-electron chi connectivity index (χ4n) is 2.31. The summed E-state index contributed by atoms with van der Waals surface area (Å²) in [6, 6.07) is 5.26. The lowest BCUT2D eigenvalue weighted by atomic mass is 9.94. The van der Waals surface area contributed by atoms with Gasteiger partial charge in [-0.2, -0.15) is 0 Å². The van der Waals surface area contributed by atoms with E-state index >= 15 is 0 Å². The van der Waals surface area contributed by atoms with E-state index in [2.05, 4.69) is 11.8 Å². The van der Waals surface area contributed by atoms with Crippen molar-refractivity contribution in [3.63, 3.8) is 0 Å². The molecule has 0 amide bonds. The lowest BCUT2D eigenvalue weighted by Gasteiger charge is -2.35. The van der Waals surface area contributed by atoms with Crippen molar-refractivity contribution in [1.29, 1.82) is 0 Å². The SMILES string of the molecule is CC1CN(Cc2cccc(F)c2Cl)CCC1N. The second-order valence-electron chi connectivity index (χ2n) is 4.88. The van der Waals surface area contributed by atoms with Crippen LogP contribution in [0.1, 0.15) is 18.9 Å². The summed E-state index contributed by atoms with van der Waals surface area (Å²) in [5.74, 6) is 0.141. The van der Waals surface area contributed by atoms with Gasteiger partial charge in [0, 0.05) is 19.1 Å². The summed E-state index contributed by atoms with van der Waals surface area (Å²) in [6.07, 6.45) is 0.994. The van der Waals surface area contributed by atoms with Gasteiger partial charge in [0.25, 0.3) is 0 Å². The average molecular weight is 257 g/mol. The molecule has 2 N–H and O–H groups in total. The highest BCUT2D eigenvalue weighted by atomic mass is 35.5. The molecule has 1 aromatic carbocycles. The van der Waals surface area contributed by atoms with E-state index in [1.807, 2.05) is 6.07 Å². The second-order valence-corrected chi connectivity index (χ2v) is 5.26. The lowest BCUT2D eigenvalue weighted by molar-refractivity contribution is 0.157. The highest BCUT2D eigenvalue weighted by Gasteiger charge is 2.23. The van der Waals surface area contributed by atoms with Crippen molar-refractivity contribution >= 4 is 11.6 Å². The molecule has 2 atom stereocenters. The second kappa shape index (κ2) is 5.34. The normalized spacial score (nSPS) is 26.1. The van der Waals surface area contributed by atoms with Crippen molar-refractivity contribution in [3.8, 4) is 0 Å². The van der Waals surface area contributed by atoms with Gasteiger partial charge in [-0.25, -0.2) is 4.39 Å². The summed E-state index contributed by atoms with van der Waals surface area (Å²) >= 11 is 5.95. The van der Waals surface area contributed by atoms with Gasteiger partial charge in [-0.05, 0) is 30.5 Å². The van der Waals surface area contributed by atoms with Gasteiger partial charge >= 0.3 is 0 Å². The molecule has 1 heterocycles. The smallest absolute Gasteiger partial charge is 0.142 e. The summed E-state index contributed by atoms with van der Waals surface area (Å²) in [5.41, 5.74) is 6.83. The number of nitrogens with zero attached hydrogens (tertiary/aromatic N) is 1. The molecule has 0 spiro atoms. The summed E-state index contributed by atoms with van der Waals surface area (Å²) in [5, 5.41) is 0.245. The standard InChI is InChI=1S/C13H18ClFN2/c1-9-7-17(6-5-12(9)16)8-10-3-2-4-11(15)13(10)14/h2-4,9,12H,5-8,16H2,1H3. The van der Waals surface area contributed by atoms with Crippen molar-refractivity contribution < 1.29 is 4.39 Å². The molecule has 2 nitrogen and oxygen atoms in total. The fourth-order valence-corrected chi connectivity index (χ4v) is 2.49. The molecule has 94 valence electrons. The van der Waals surface area contributed by atoms with Crippen LogP contribution in [0.15, 0.2) is 18.2 Å². The Labute approximate surface area is 107 Å². The van der Waals surface area contributed by atoms with Crippen molar-refractivity contribution in [3.05, 3.63) is 34.6 Å². The largest absolute Gasteiger partial charge is 0.327 e. The van der Waals surface area contributed by atoms with E-state index in [-0.39, 0.29) is 16.9 Å². The van der Waals surface area contributed by atoms with Crippen LogP contribution in [0.2, 0.25) is 5.02 Å². The topological polar surface area (TPSA) is 29.3 Å². The quantitative estimate of drug-likeness (QED) is 0.882. The van der Waals surface area contributed by atoms with Gasteiger partial charge in [-0.1, -0.05) is 30.7 Å². The summed E-state index contributed by atoms with van der Waals surface area (Å²) in [7, 11) is 0. The van der Waals surface area contributed by atoms with Crippen LogP contribution >= 0.6 is 11.6 Å². The van der Waals surface area contributed by atoms with Gasteiger partial charge in [0.05, 0.1) is 5.02 Å². The number of piperidine rings is 1. The summed E-state index contributed by atoms with van der Waals surface area (Å²) in [4.78, 5) is 2.29. The molecule has 0 saturated carbocycles. The van der Waals surface area contributed by atoms with Crippen molar-refractivity contribution in [2.24, 2.45) is 11.7 Å². The number of hydrogen-bond donors (Lipinski definition) is 1. The predicted octanol–water partition coefficient (Wildman–Crippen LogP) is 2.65. The number of halogens is 2. The number of rotatable bonds is 2. The zero-order valence-electron chi connectivity index (χ0n) is 10.00. The number of hydrogen-bond acceptors (Lipinski definition) is 2. The minimum Gasteiger partial charge on any atom is -0.327 e. The van der Waals surface area contributed by atoms with Crippen LogP contribution in [-0.2, 0) is 6.54 Å². The van der Waals surface area contributed by atoms with Crippen LogP contribution in [0.5, 0.6) is 0 Å². The third-order valence-electron chi connectivity index (χ3n) is 3.48. The van der Waals surface area contributed by atoms with Crippen LogP contribution in [0.3, 0.4) is 0 Å². The first kappa shape index (κ1) is 12.8. The first-order valence-electron chi connectivity index (χ1n) is 5.98. The Hall–Kier alpha value is -0.640. The van der Waals surface area contributed by atoms with Gasteiger partial charge in [-0.15, -0.1) is 0 Å². The van der Waals surface area contributed by atoms with Crippen LogP contribution in [0, 0.1) is 11.7 Å². The van der Waals surface area contributed by atoms with Gasteiger partial charge in [0.2, 0.25) is 0 Å². The molecule has 1 saturated heterocycles. The molecule has 1 aliphatic rings. The molecule has 1 aliphatic heterocycles. The summed E-state index contributed by atoms with van der Waals surface area (Å²) in [6.45, 7) is 4.77. The minimum absolute atomic E-state index is 0.245. The Kier molecular flexibility index (Phi) is 4.02. The van der Waals surface area contributed by atoms with E-state index in [0.717, 1.165) is 25.1 Å². The first-order valence-corrected chi connectivity index (χ1v) is 6.36. The third-order valence-corrected chi connectivity index (χ3v) is 3.90. The monoisotopic (exact) mass is 256 g/mol. The molecular weight excluding hydrogens is 239 g/mol. The van der Waals surface area contributed by atoms with E-state index in [4.69, 9.17) is 17.3 Å². The number of benzene rings is 1. The minimum atomic E-state index is -0.342. The van der Waals surface area contributed by atoms with E-state index in [1.165, 1.54) is 6.07 Å². The van der Waals surface area contributed by atoms with E-state index < -0.39 is 0 Å². The molecule has 0 aromatic heterocycles. The Morgan fingerprint density at radius 1 is 1.53 bits per heavy atom. The van der Waals surface area contributed by atoms with Gasteiger partial charge < -0.3 is 5.73 Å². The van der Waals surface area contributed by atoms with E-state index in [1.54, 1.807) is 6.07 Å². The zero-order chi connectivity index (χ0) is 12.4. The lowest BCUT2D eigenvalue weighted by Crippen LogP contribution is -2.45. The maximum atomic E-state index is 13.3. The third kappa shape index (κ3) is 2.97. The maximum Gasteiger partial charge on any atom is 0.142 e. The molecule has 1 fully saturated rings. The molecule has 0 bridgehead atoms. The van der Waals surface area contributed by atoms with Crippen molar-refractivity contribution in [1.82, 2.24) is 4.90 Å². The highest BCUT2D eigenvalue weighted by molar-refractivity contribution is 6.31.